The maximum Gasteiger partial charge on any atom is 0.123 e. The highest BCUT2D eigenvalue weighted by atomic mass is 19.1. The molecule has 0 saturated carbocycles. The van der Waals surface area contributed by atoms with Crippen molar-refractivity contribution in [1.29, 1.82) is 0 Å². The molecule has 84 valence electrons. The number of aryl methyl sites for hydroxylation is 2. The Hall–Kier alpha value is -1.64. The van der Waals surface area contributed by atoms with E-state index in [2.05, 4.69) is 4.98 Å². The maximum atomic E-state index is 13.1. The number of hydrogen-bond donors (Lipinski definition) is 0. The molecule has 1 aromatic heterocycles. The van der Waals surface area contributed by atoms with E-state index in [1.807, 2.05) is 31.4 Å². The summed E-state index contributed by atoms with van der Waals surface area (Å²) < 4.78 is 15.2. The molecule has 0 aliphatic rings. The molecule has 0 bridgehead atoms. The van der Waals surface area contributed by atoms with Crippen molar-refractivity contribution in [3.05, 3.63) is 52.9 Å². The summed E-state index contributed by atoms with van der Waals surface area (Å²) in [5.74, 6) is -0.185. The van der Waals surface area contributed by atoms with Crippen molar-refractivity contribution in [3.63, 3.8) is 0 Å². The summed E-state index contributed by atoms with van der Waals surface area (Å²) in [7, 11) is 0. The Bertz CT molecular complexity index is 515. The van der Waals surface area contributed by atoms with Crippen LogP contribution in [0.3, 0.4) is 0 Å². The second-order valence-corrected chi connectivity index (χ2v) is 4.11. The second-order valence-electron chi connectivity index (χ2n) is 4.11. The first-order valence-corrected chi connectivity index (χ1v) is 5.31. The van der Waals surface area contributed by atoms with Crippen LogP contribution in [0.5, 0.6) is 0 Å². The number of aromatic nitrogens is 2. The molecule has 3 heteroatoms. The quantitative estimate of drug-likeness (QED) is 0.757. The van der Waals surface area contributed by atoms with Crippen LogP contribution >= 0.6 is 0 Å². The van der Waals surface area contributed by atoms with E-state index in [0.29, 0.717) is 6.54 Å². The topological polar surface area (TPSA) is 17.8 Å². The molecule has 0 atom stereocenters. The monoisotopic (exact) mass is 218 g/mol. The van der Waals surface area contributed by atoms with Gasteiger partial charge in [0, 0.05) is 12.2 Å². The third-order valence-electron chi connectivity index (χ3n) is 3.00. The van der Waals surface area contributed by atoms with Crippen LogP contribution in [0.15, 0.2) is 24.5 Å². The Morgan fingerprint density at radius 1 is 1.25 bits per heavy atom. The highest BCUT2D eigenvalue weighted by Crippen LogP contribution is 2.14. The zero-order valence-electron chi connectivity index (χ0n) is 9.79. The van der Waals surface area contributed by atoms with Crippen LogP contribution in [0.25, 0.3) is 0 Å². The standard InChI is InChI=1S/C13H15FN2/c1-9-4-5-13(14)6-12(9)7-16-8-15-10(2)11(16)3/h4-6,8H,7H2,1-3H3. The number of hydrogen-bond acceptors (Lipinski definition) is 1. The molecule has 2 rings (SSSR count). The minimum atomic E-state index is -0.185. The van der Waals surface area contributed by atoms with Crippen molar-refractivity contribution in [2.24, 2.45) is 0 Å². The van der Waals surface area contributed by atoms with E-state index in [4.69, 9.17) is 0 Å². The largest absolute Gasteiger partial charge is 0.330 e. The Morgan fingerprint density at radius 3 is 2.62 bits per heavy atom. The lowest BCUT2D eigenvalue weighted by Gasteiger charge is -2.08. The van der Waals surface area contributed by atoms with E-state index < -0.39 is 0 Å². The smallest absolute Gasteiger partial charge is 0.123 e. The van der Waals surface area contributed by atoms with Gasteiger partial charge in [0.05, 0.1) is 12.0 Å². The van der Waals surface area contributed by atoms with Gasteiger partial charge in [0.1, 0.15) is 5.82 Å². The van der Waals surface area contributed by atoms with Crippen molar-refractivity contribution >= 4 is 0 Å². The van der Waals surface area contributed by atoms with Crippen LogP contribution in [-0.2, 0) is 6.54 Å². The SMILES string of the molecule is Cc1ccc(F)cc1Cn1cnc(C)c1C. The van der Waals surface area contributed by atoms with Crippen molar-refractivity contribution in [2.75, 3.05) is 0 Å². The van der Waals surface area contributed by atoms with E-state index in [1.165, 1.54) is 6.07 Å². The fraction of sp³-hybridized carbons (Fsp3) is 0.308. The summed E-state index contributed by atoms with van der Waals surface area (Å²) in [5, 5.41) is 0. The van der Waals surface area contributed by atoms with E-state index in [1.54, 1.807) is 12.4 Å². The Balaban J connectivity index is 2.33. The number of nitrogens with zero attached hydrogens (tertiary/aromatic N) is 2. The van der Waals surface area contributed by atoms with Crippen molar-refractivity contribution in [3.8, 4) is 0 Å². The molecular weight excluding hydrogens is 203 g/mol. The van der Waals surface area contributed by atoms with Gasteiger partial charge in [0.15, 0.2) is 0 Å². The third kappa shape index (κ3) is 1.98. The summed E-state index contributed by atoms with van der Waals surface area (Å²) in [6, 6.07) is 4.89. The maximum absolute atomic E-state index is 13.1. The molecule has 0 unspecified atom stereocenters. The van der Waals surface area contributed by atoms with Crippen LogP contribution in [0.4, 0.5) is 4.39 Å². The molecule has 0 radical (unpaired) electrons. The lowest BCUT2D eigenvalue weighted by Crippen LogP contribution is -2.02. The lowest BCUT2D eigenvalue weighted by atomic mass is 10.1. The Morgan fingerprint density at radius 2 is 2.00 bits per heavy atom. The van der Waals surface area contributed by atoms with Gasteiger partial charge in [0.25, 0.3) is 0 Å². The molecule has 0 N–H and O–H groups in total. The van der Waals surface area contributed by atoms with Gasteiger partial charge in [0.2, 0.25) is 0 Å². The number of benzene rings is 1. The first-order valence-electron chi connectivity index (χ1n) is 5.31. The highest BCUT2D eigenvalue weighted by Gasteiger charge is 2.05. The predicted molar refractivity (Wildman–Crippen MR) is 61.9 cm³/mol. The average Bonchev–Trinajstić information content (AvgIpc) is 2.55. The molecule has 0 aliphatic carbocycles. The molecule has 0 aliphatic heterocycles. The zero-order valence-corrected chi connectivity index (χ0v) is 9.79. The van der Waals surface area contributed by atoms with Crippen molar-refractivity contribution in [2.45, 2.75) is 27.3 Å². The molecule has 1 aromatic carbocycles. The molecule has 16 heavy (non-hydrogen) atoms. The van der Waals surface area contributed by atoms with E-state index in [0.717, 1.165) is 22.5 Å². The Labute approximate surface area is 94.8 Å². The van der Waals surface area contributed by atoms with E-state index in [-0.39, 0.29) is 5.82 Å². The van der Waals surface area contributed by atoms with Crippen molar-refractivity contribution < 1.29 is 4.39 Å². The summed E-state index contributed by atoms with van der Waals surface area (Å²) in [6.45, 7) is 6.67. The van der Waals surface area contributed by atoms with Crippen LogP contribution < -0.4 is 0 Å². The highest BCUT2D eigenvalue weighted by molar-refractivity contribution is 5.27. The second kappa shape index (κ2) is 4.08. The average molecular weight is 218 g/mol. The summed E-state index contributed by atoms with van der Waals surface area (Å²) in [6.07, 6.45) is 1.80. The van der Waals surface area contributed by atoms with Gasteiger partial charge in [-0.2, -0.15) is 0 Å². The van der Waals surface area contributed by atoms with Gasteiger partial charge in [-0.1, -0.05) is 6.07 Å². The van der Waals surface area contributed by atoms with Gasteiger partial charge in [-0.3, -0.25) is 0 Å². The Kier molecular flexibility index (Phi) is 2.77. The molecule has 0 saturated heterocycles. The van der Waals surface area contributed by atoms with E-state index in [9.17, 15) is 4.39 Å². The van der Waals surface area contributed by atoms with Gasteiger partial charge in [-0.25, -0.2) is 9.37 Å². The van der Waals surface area contributed by atoms with Gasteiger partial charge in [-0.15, -0.1) is 0 Å². The van der Waals surface area contributed by atoms with Gasteiger partial charge in [-0.05, 0) is 44.0 Å². The molecule has 1 heterocycles. The zero-order chi connectivity index (χ0) is 11.7. The minimum absolute atomic E-state index is 0.185. The van der Waals surface area contributed by atoms with Gasteiger partial charge >= 0.3 is 0 Å². The van der Waals surface area contributed by atoms with Crippen molar-refractivity contribution in [1.82, 2.24) is 9.55 Å². The predicted octanol–water partition coefficient (Wildman–Crippen LogP) is 3.00. The fourth-order valence-corrected chi connectivity index (χ4v) is 1.70. The normalized spacial score (nSPS) is 10.8. The number of rotatable bonds is 2. The molecule has 0 fully saturated rings. The first-order chi connectivity index (χ1) is 7.58. The lowest BCUT2D eigenvalue weighted by molar-refractivity contribution is 0.622. The van der Waals surface area contributed by atoms with Crippen LogP contribution in [0, 0.1) is 26.6 Å². The first kappa shape index (κ1) is 10.9. The van der Waals surface area contributed by atoms with Crippen LogP contribution in [-0.4, -0.2) is 9.55 Å². The molecule has 2 aromatic rings. The molecule has 0 spiro atoms. The minimum Gasteiger partial charge on any atom is -0.330 e. The van der Waals surface area contributed by atoms with Gasteiger partial charge < -0.3 is 4.57 Å². The third-order valence-corrected chi connectivity index (χ3v) is 3.00. The molecule has 2 nitrogen and oxygen atoms in total. The summed E-state index contributed by atoms with van der Waals surface area (Å²) in [4.78, 5) is 4.23. The number of halogens is 1. The van der Waals surface area contributed by atoms with E-state index >= 15 is 0 Å². The van der Waals surface area contributed by atoms with Crippen LogP contribution in [0.1, 0.15) is 22.5 Å². The van der Waals surface area contributed by atoms with Crippen LogP contribution in [0.2, 0.25) is 0 Å². The molecule has 0 amide bonds. The fourth-order valence-electron chi connectivity index (χ4n) is 1.70. The summed E-state index contributed by atoms with van der Waals surface area (Å²) in [5.41, 5.74) is 4.25. The number of imidazole rings is 1. The molecular formula is C13H15FN2. The summed E-state index contributed by atoms with van der Waals surface area (Å²) >= 11 is 0.